The SMILES string of the molecule is CC(=O)C1CCCc2c([nH]c3cc4c(cc23)N(C(C)C)C(=O)C4(C)C)C1=O. The van der Waals surface area contributed by atoms with E-state index < -0.39 is 11.3 Å². The van der Waals surface area contributed by atoms with Crippen LogP contribution in [0.5, 0.6) is 0 Å². The van der Waals surface area contributed by atoms with Crippen molar-refractivity contribution in [2.75, 3.05) is 4.90 Å². The second kappa shape index (κ2) is 5.78. The number of hydrogen-bond acceptors (Lipinski definition) is 3. The lowest BCUT2D eigenvalue weighted by molar-refractivity contribution is -0.122. The molecule has 5 nitrogen and oxygen atoms in total. The molecule has 0 radical (unpaired) electrons. The van der Waals surface area contributed by atoms with E-state index in [1.165, 1.54) is 6.92 Å². The van der Waals surface area contributed by atoms with Gasteiger partial charge in [-0.2, -0.15) is 0 Å². The summed E-state index contributed by atoms with van der Waals surface area (Å²) in [5, 5.41) is 0.998. The first kappa shape index (κ1) is 18.0. The van der Waals surface area contributed by atoms with Gasteiger partial charge in [0.25, 0.3) is 0 Å². The van der Waals surface area contributed by atoms with Crippen molar-refractivity contribution in [2.45, 2.75) is 65.3 Å². The Morgan fingerprint density at radius 1 is 1.26 bits per heavy atom. The zero-order valence-electron chi connectivity index (χ0n) is 16.6. The van der Waals surface area contributed by atoms with Crippen LogP contribution in [0.2, 0.25) is 0 Å². The molecule has 2 heterocycles. The monoisotopic (exact) mass is 366 g/mol. The van der Waals surface area contributed by atoms with Gasteiger partial charge in [0, 0.05) is 22.6 Å². The number of aromatic nitrogens is 1. The molecule has 0 bridgehead atoms. The van der Waals surface area contributed by atoms with Crippen LogP contribution >= 0.6 is 0 Å². The van der Waals surface area contributed by atoms with Crippen molar-refractivity contribution in [3.05, 3.63) is 29.0 Å². The fourth-order valence-corrected chi connectivity index (χ4v) is 4.67. The predicted octanol–water partition coefficient (Wildman–Crippen LogP) is 3.92. The molecule has 0 fully saturated rings. The number of rotatable bonds is 2. The summed E-state index contributed by atoms with van der Waals surface area (Å²) in [5.41, 5.74) is 3.77. The Labute approximate surface area is 159 Å². The molecule has 1 N–H and O–H groups in total. The van der Waals surface area contributed by atoms with Gasteiger partial charge in [-0.25, -0.2) is 0 Å². The lowest BCUT2D eigenvalue weighted by Gasteiger charge is -2.24. The van der Waals surface area contributed by atoms with Crippen molar-refractivity contribution in [2.24, 2.45) is 5.92 Å². The van der Waals surface area contributed by atoms with Gasteiger partial charge in [0.2, 0.25) is 5.91 Å². The van der Waals surface area contributed by atoms with Crippen molar-refractivity contribution in [1.82, 2.24) is 4.98 Å². The number of nitrogens with zero attached hydrogens (tertiary/aromatic N) is 1. The van der Waals surface area contributed by atoms with Crippen LogP contribution in [0.3, 0.4) is 0 Å². The van der Waals surface area contributed by atoms with Crippen LogP contribution < -0.4 is 4.90 Å². The van der Waals surface area contributed by atoms with E-state index in [-0.39, 0.29) is 23.5 Å². The Bertz CT molecular complexity index is 997. The fraction of sp³-hybridized carbons (Fsp3) is 0.500. The second-order valence-corrected chi connectivity index (χ2v) is 8.71. The molecule has 2 aliphatic rings. The third-order valence-corrected chi connectivity index (χ3v) is 6.20. The van der Waals surface area contributed by atoms with Gasteiger partial charge >= 0.3 is 0 Å². The van der Waals surface area contributed by atoms with Crippen molar-refractivity contribution < 1.29 is 14.4 Å². The maximum Gasteiger partial charge on any atom is 0.237 e. The smallest absolute Gasteiger partial charge is 0.237 e. The topological polar surface area (TPSA) is 70.2 Å². The summed E-state index contributed by atoms with van der Waals surface area (Å²) in [4.78, 5) is 43.0. The average Bonchev–Trinajstić information content (AvgIpc) is 2.96. The van der Waals surface area contributed by atoms with E-state index in [0.29, 0.717) is 12.1 Å². The van der Waals surface area contributed by atoms with Crippen molar-refractivity contribution in [1.29, 1.82) is 0 Å². The summed E-state index contributed by atoms with van der Waals surface area (Å²) in [6.07, 6.45) is 2.18. The molecule has 2 aromatic rings. The normalized spacial score (nSPS) is 21.6. The molecule has 5 heteroatoms. The van der Waals surface area contributed by atoms with E-state index in [9.17, 15) is 14.4 Å². The molecule has 1 atom stereocenters. The van der Waals surface area contributed by atoms with Crippen molar-refractivity contribution >= 4 is 34.1 Å². The van der Waals surface area contributed by atoms with Crippen molar-refractivity contribution in [3.8, 4) is 0 Å². The number of nitrogens with one attached hydrogen (secondary N) is 1. The highest BCUT2D eigenvalue weighted by Crippen LogP contribution is 2.45. The quantitative estimate of drug-likeness (QED) is 0.647. The van der Waals surface area contributed by atoms with Crippen LogP contribution in [0.15, 0.2) is 12.1 Å². The van der Waals surface area contributed by atoms with E-state index in [2.05, 4.69) is 11.1 Å². The predicted molar refractivity (Wildman–Crippen MR) is 105 cm³/mol. The Kier molecular flexibility index (Phi) is 3.85. The Morgan fingerprint density at radius 3 is 2.59 bits per heavy atom. The summed E-state index contributed by atoms with van der Waals surface area (Å²) in [5.74, 6) is -0.593. The molecule has 142 valence electrons. The molecule has 1 aliphatic heterocycles. The van der Waals surface area contributed by atoms with Crippen LogP contribution in [0, 0.1) is 5.92 Å². The molecule has 1 unspecified atom stereocenters. The Morgan fingerprint density at radius 2 is 1.96 bits per heavy atom. The lowest BCUT2D eigenvalue weighted by Crippen LogP contribution is -2.40. The van der Waals surface area contributed by atoms with Gasteiger partial charge in [-0.15, -0.1) is 0 Å². The summed E-state index contributed by atoms with van der Waals surface area (Å²) >= 11 is 0. The van der Waals surface area contributed by atoms with Gasteiger partial charge < -0.3 is 9.88 Å². The number of carbonyl (C=O) groups is 3. The number of ketones is 2. The van der Waals surface area contributed by atoms with Gasteiger partial charge in [-0.3, -0.25) is 14.4 Å². The van der Waals surface area contributed by atoms with Crippen LogP contribution in [0.25, 0.3) is 10.9 Å². The third-order valence-electron chi connectivity index (χ3n) is 6.20. The highest BCUT2D eigenvalue weighted by atomic mass is 16.2. The number of anilines is 1. The summed E-state index contributed by atoms with van der Waals surface area (Å²) in [6, 6.07) is 4.15. The van der Waals surface area contributed by atoms with Crippen LogP contribution in [-0.4, -0.2) is 28.5 Å². The third kappa shape index (κ3) is 2.40. The van der Waals surface area contributed by atoms with Gasteiger partial charge in [0.1, 0.15) is 5.78 Å². The number of carbonyl (C=O) groups excluding carboxylic acids is 3. The first-order valence-electron chi connectivity index (χ1n) is 9.72. The molecule has 1 amide bonds. The highest BCUT2D eigenvalue weighted by Gasteiger charge is 2.45. The zero-order valence-corrected chi connectivity index (χ0v) is 16.6. The number of benzene rings is 1. The van der Waals surface area contributed by atoms with E-state index in [1.807, 2.05) is 38.7 Å². The lowest BCUT2D eigenvalue weighted by atomic mass is 9.85. The van der Waals surface area contributed by atoms with Crippen LogP contribution in [-0.2, 0) is 21.4 Å². The molecule has 0 saturated carbocycles. The molecular weight excluding hydrogens is 340 g/mol. The van der Waals surface area contributed by atoms with Crippen LogP contribution in [0.4, 0.5) is 5.69 Å². The largest absolute Gasteiger partial charge is 0.352 e. The van der Waals surface area contributed by atoms with Gasteiger partial charge in [-0.05, 0) is 77.1 Å². The molecule has 27 heavy (non-hydrogen) atoms. The number of hydrogen-bond donors (Lipinski definition) is 1. The molecule has 0 spiro atoms. The highest BCUT2D eigenvalue weighted by molar-refractivity contribution is 6.14. The van der Waals surface area contributed by atoms with Gasteiger partial charge in [-0.1, -0.05) is 0 Å². The number of aryl methyl sites for hydroxylation is 1. The molecule has 1 aliphatic carbocycles. The Hall–Kier alpha value is -2.43. The molecule has 1 aromatic carbocycles. The fourth-order valence-electron chi connectivity index (χ4n) is 4.67. The number of amides is 1. The number of aromatic amines is 1. The molecule has 0 saturated heterocycles. The zero-order chi connectivity index (χ0) is 19.7. The van der Waals surface area contributed by atoms with Crippen LogP contribution in [0.1, 0.15) is 69.1 Å². The maximum atomic E-state index is 13.0. The second-order valence-electron chi connectivity index (χ2n) is 8.71. The van der Waals surface area contributed by atoms with E-state index in [4.69, 9.17) is 0 Å². The summed E-state index contributed by atoms with van der Waals surface area (Å²) < 4.78 is 0. The summed E-state index contributed by atoms with van der Waals surface area (Å²) in [7, 11) is 0. The average molecular weight is 366 g/mol. The Balaban J connectivity index is 1.95. The minimum atomic E-state index is -0.595. The van der Waals surface area contributed by atoms with Gasteiger partial charge in [0.15, 0.2) is 5.78 Å². The van der Waals surface area contributed by atoms with E-state index in [1.54, 1.807) is 0 Å². The first-order valence-corrected chi connectivity index (χ1v) is 9.72. The van der Waals surface area contributed by atoms with E-state index in [0.717, 1.165) is 40.6 Å². The maximum absolute atomic E-state index is 13.0. The first-order chi connectivity index (χ1) is 12.6. The molecule has 1 aromatic heterocycles. The van der Waals surface area contributed by atoms with Gasteiger partial charge in [0.05, 0.1) is 17.0 Å². The van der Waals surface area contributed by atoms with Crippen molar-refractivity contribution in [3.63, 3.8) is 0 Å². The minimum absolute atomic E-state index is 0.0632. The number of H-pyrrole nitrogens is 1. The molecule has 4 rings (SSSR count). The number of fused-ring (bicyclic) bond motifs is 4. The summed E-state index contributed by atoms with van der Waals surface area (Å²) in [6.45, 7) is 9.44. The molecular formula is C22H26N2O3. The number of Topliss-reactive ketones (excluding diaryl/α,β-unsaturated/α-hetero) is 2. The minimum Gasteiger partial charge on any atom is -0.352 e. The standard InChI is InChI=1S/C22H26N2O3/c1-11(2)24-18-9-15-14-8-6-7-13(12(3)25)20(26)19(14)23-17(15)10-16(18)22(4,5)21(24)27/h9-11,13,23H,6-8H2,1-5H3. The van der Waals surface area contributed by atoms with E-state index >= 15 is 0 Å².